The normalized spacial score (nSPS) is 10.8. The molecule has 16 heavy (non-hydrogen) atoms. The van der Waals surface area contributed by atoms with E-state index in [2.05, 4.69) is 37.5 Å². The summed E-state index contributed by atoms with van der Waals surface area (Å²) in [5, 5.41) is 0. The molecule has 0 atom stereocenters. The van der Waals surface area contributed by atoms with Crippen LogP contribution in [-0.4, -0.2) is 4.57 Å². The first-order valence-electron chi connectivity index (χ1n) is 5.33. The third kappa shape index (κ3) is 1.98. The van der Waals surface area contributed by atoms with Crippen molar-refractivity contribution in [2.75, 3.05) is 0 Å². The summed E-state index contributed by atoms with van der Waals surface area (Å²) in [6.07, 6.45) is 6.02. The molecule has 0 radical (unpaired) electrons. The maximum atomic E-state index is 5.78. The van der Waals surface area contributed by atoms with Gasteiger partial charge in [0, 0.05) is 0 Å². The number of aromatic nitrogens is 2. The van der Waals surface area contributed by atoms with Crippen LogP contribution in [-0.2, 0) is 6.00 Å². The summed E-state index contributed by atoms with van der Waals surface area (Å²) in [6, 6.07) is 4.89. The van der Waals surface area contributed by atoms with Gasteiger partial charge in [0.05, 0.1) is 0 Å². The van der Waals surface area contributed by atoms with Gasteiger partial charge in [-0.1, -0.05) is 29.3 Å². The van der Waals surface area contributed by atoms with Gasteiger partial charge in [-0.05, 0) is 31.9 Å². The fourth-order valence-corrected chi connectivity index (χ4v) is 2.32. The number of aryl methyl sites for hydroxylation is 3. The van der Waals surface area contributed by atoms with Gasteiger partial charge in [-0.15, -0.1) is 0 Å². The Kier molecular flexibility index (Phi) is 3.01. The summed E-state index contributed by atoms with van der Waals surface area (Å²) >= 11 is 5.78. The fraction of sp³-hybridized carbons (Fsp3) is 0.308. The molecular formula is C13H16ClN2+. The third-order valence-electron chi connectivity index (χ3n) is 2.72. The maximum Gasteiger partial charge on any atom is 0.249 e. The van der Waals surface area contributed by atoms with Crippen LogP contribution in [0.15, 0.2) is 30.9 Å². The standard InChI is InChI=1S/C13H16ClN2/c1-10-6-11(2)13(12(3)7-10)16-5-4-15(8-14)9-16/h4-7,9H,8H2,1-3H3/q+1. The van der Waals surface area contributed by atoms with Gasteiger partial charge >= 0.3 is 0 Å². The summed E-state index contributed by atoms with van der Waals surface area (Å²) < 4.78 is 4.06. The lowest BCUT2D eigenvalue weighted by Crippen LogP contribution is -2.27. The summed E-state index contributed by atoms with van der Waals surface area (Å²) in [4.78, 5) is 0. The Labute approximate surface area is 101 Å². The third-order valence-corrected chi connectivity index (χ3v) is 3.00. The van der Waals surface area contributed by atoms with Gasteiger partial charge in [0.25, 0.3) is 0 Å². The van der Waals surface area contributed by atoms with E-state index in [4.69, 9.17) is 11.6 Å². The van der Waals surface area contributed by atoms with Crippen LogP contribution >= 0.6 is 11.6 Å². The molecule has 0 aliphatic heterocycles. The minimum Gasteiger partial charge on any atom is -0.223 e. The highest BCUT2D eigenvalue weighted by molar-refractivity contribution is 6.14. The SMILES string of the molecule is Cc1cc(C)c(-n2cc[n+](CCl)c2)c(C)c1. The summed E-state index contributed by atoms with van der Waals surface area (Å²) in [5.74, 6) is 0. The smallest absolute Gasteiger partial charge is 0.223 e. The van der Waals surface area contributed by atoms with Crippen molar-refractivity contribution in [1.82, 2.24) is 4.57 Å². The van der Waals surface area contributed by atoms with Gasteiger partial charge in [0.1, 0.15) is 18.1 Å². The number of hydrogen-bond donors (Lipinski definition) is 0. The predicted octanol–water partition coefficient (Wildman–Crippen LogP) is 2.89. The Morgan fingerprint density at radius 3 is 2.31 bits per heavy atom. The van der Waals surface area contributed by atoms with Crippen LogP contribution in [0.25, 0.3) is 5.69 Å². The Balaban J connectivity index is 2.55. The van der Waals surface area contributed by atoms with Gasteiger partial charge in [0.15, 0.2) is 6.00 Å². The molecule has 84 valence electrons. The summed E-state index contributed by atoms with van der Waals surface area (Å²) in [7, 11) is 0. The highest BCUT2D eigenvalue weighted by Gasteiger charge is 2.12. The average molecular weight is 236 g/mol. The van der Waals surface area contributed by atoms with Crippen LogP contribution in [0.4, 0.5) is 0 Å². The fourth-order valence-electron chi connectivity index (χ4n) is 2.18. The molecule has 0 amide bonds. The maximum absolute atomic E-state index is 5.78. The van der Waals surface area contributed by atoms with Gasteiger partial charge in [-0.25, -0.2) is 9.13 Å². The van der Waals surface area contributed by atoms with E-state index in [1.165, 1.54) is 22.4 Å². The molecule has 0 fully saturated rings. The number of hydrogen-bond acceptors (Lipinski definition) is 0. The lowest BCUT2D eigenvalue weighted by molar-refractivity contribution is -0.677. The molecule has 0 aliphatic rings. The summed E-state index contributed by atoms with van der Waals surface area (Å²) in [5.41, 5.74) is 5.12. The monoisotopic (exact) mass is 235 g/mol. The van der Waals surface area contributed by atoms with Crippen molar-refractivity contribution in [3.8, 4) is 5.69 Å². The van der Waals surface area contributed by atoms with Gasteiger partial charge in [-0.2, -0.15) is 0 Å². The number of nitrogens with zero attached hydrogens (tertiary/aromatic N) is 2. The van der Waals surface area contributed by atoms with E-state index in [0.717, 1.165) is 0 Å². The first kappa shape index (κ1) is 11.2. The number of halogens is 1. The van der Waals surface area contributed by atoms with Crippen LogP contribution in [0.5, 0.6) is 0 Å². The second-order valence-corrected chi connectivity index (χ2v) is 4.44. The number of imidazole rings is 1. The van der Waals surface area contributed by atoms with Crippen LogP contribution < -0.4 is 4.57 Å². The molecule has 0 aliphatic carbocycles. The molecule has 0 unspecified atom stereocenters. The first-order valence-corrected chi connectivity index (χ1v) is 5.86. The largest absolute Gasteiger partial charge is 0.249 e. The second-order valence-electron chi connectivity index (χ2n) is 4.20. The molecule has 1 aromatic heterocycles. The lowest BCUT2D eigenvalue weighted by atomic mass is 10.1. The zero-order valence-corrected chi connectivity index (χ0v) is 10.6. The highest BCUT2D eigenvalue weighted by atomic mass is 35.5. The van der Waals surface area contributed by atoms with Crippen molar-refractivity contribution in [3.63, 3.8) is 0 Å². The van der Waals surface area contributed by atoms with Gasteiger partial charge < -0.3 is 0 Å². The van der Waals surface area contributed by atoms with E-state index < -0.39 is 0 Å². The van der Waals surface area contributed by atoms with E-state index >= 15 is 0 Å². The lowest BCUT2D eigenvalue weighted by Gasteiger charge is -2.06. The molecule has 0 saturated heterocycles. The molecule has 2 rings (SSSR count). The van der Waals surface area contributed by atoms with Gasteiger partial charge in [0.2, 0.25) is 6.33 Å². The minimum absolute atomic E-state index is 0.483. The Morgan fingerprint density at radius 2 is 1.81 bits per heavy atom. The Bertz CT molecular complexity index is 491. The number of rotatable bonds is 2. The molecule has 0 bridgehead atoms. The van der Waals surface area contributed by atoms with E-state index in [0.29, 0.717) is 6.00 Å². The zero-order valence-electron chi connectivity index (χ0n) is 9.87. The van der Waals surface area contributed by atoms with Crippen molar-refractivity contribution in [2.24, 2.45) is 0 Å². The van der Waals surface area contributed by atoms with E-state index in [1.807, 2.05) is 23.3 Å². The van der Waals surface area contributed by atoms with Crippen molar-refractivity contribution >= 4 is 11.6 Å². The number of alkyl halides is 1. The predicted molar refractivity (Wildman–Crippen MR) is 66.0 cm³/mol. The van der Waals surface area contributed by atoms with Crippen molar-refractivity contribution < 1.29 is 4.57 Å². The molecule has 0 N–H and O–H groups in total. The van der Waals surface area contributed by atoms with Crippen LogP contribution in [0.1, 0.15) is 16.7 Å². The summed E-state index contributed by atoms with van der Waals surface area (Å²) in [6.45, 7) is 6.40. The molecule has 0 saturated carbocycles. The minimum atomic E-state index is 0.483. The highest BCUT2D eigenvalue weighted by Crippen LogP contribution is 2.20. The first-order chi connectivity index (χ1) is 7.61. The van der Waals surface area contributed by atoms with Crippen molar-refractivity contribution in [2.45, 2.75) is 26.8 Å². The molecule has 1 heterocycles. The zero-order chi connectivity index (χ0) is 11.7. The molecule has 3 heteroatoms. The quantitative estimate of drug-likeness (QED) is 0.559. The van der Waals surface area contributed by atoms with E-state index in [9.17, 15) is 0 Å². The molecule has 2 aromatic rings. The molecular weight excluding hydrogens is 220 g/mol. The van der Waals surface area contributed by atoms with E-state index in [-0.39, 0.29) is 0 Å². The van der Waals surface area contributed by atoms with Gasteiger partial charge in [-0.3, -0.25) is 0 Å². The Hall–Kier alpha value is -1.28. The molecule has 1 aromatic carbocycles. The van der Waals surface area contributed by atoms with Crippen LogP contribution in [0.3, 0.4) is 0 Å². The molecule has 0 spiro atoms. The van der Waals surface area contributed by atoms with Crippen LogP contribution in [0.2, 0.25) is 0 Å². The van der Waals surface area contributed by atoms with Crippen molar-refractivity contribution in [3.05, 3.63) is 47.5 Å². The van der Waals surface area contributed by atoms with Crippen molar-refractivity contribution in [1.29, 1.82) is 0 Å². The van der Waals surface area contributed by atoms with E-state index in [1.54, 1.807) is 0 Å². The average Bonchev–Trinajstić information content (AvgIpc) is 2.64. The Morgan fingerprint density at radius 1 is 1.19 bits per heavy atom. The molecule has 2 nitrogen and oxygen atoms in total. The second kappa shape index (κ2) is 4.30. The van der Waals surface area contributed by atoms with Crippen LogP contribution in [0, 0.1) is 20.8 Å². The topological polar surface area (TPSA) is 8.81 Å². The number of benzene rings is 1.